The zero-order valence-electron chi connectivity index (χ0n) is 12.8. The largest absolute Gasteiger partial charge is 0.481 e. The summed E-state index contributed by atoms with van der Waals surface area (Å²) in [6, 6.07) is 0. The SMILES string of the molecule is Cc1nc(=O)n(CC2CCOC2)c(C)c1CC(C)C(=O)O. The van der Waals surface area contributed by atoms with Crippen molar-refractivity contribution >= 4 is 5.97 Å². The van der Waals surface area contributed by atoms with Crippen molar-refractivity contribution in [2.24, 2.45) is 11.8 Å². The van der Waals surface area contributed by atoms with Crippen LogP contribution in [0.15, 0.2) is 4.79 Å². The highest BCUT2D eigenvalue weighted by Gasteiger charge is 2.21. The smallest absolute Gasteiger partial charge is 0.347 e. The van der Waals surface area contributed by atoms with Crippen LogP contribution in [0, 0.1) is 25.7 Å². The lowest BCUT2D eigenvalue weighted by Gasteiger charge is -2.18. The molecule has 0 bridgehead atoms. The lowest BCUT2D eigenvalue weighted by atomic mass is 9.98. The van der Waals surface area contributed by atoms with Crippen LogP contribution in [0.4, 0.5) is 0 Å². The number of aliphatic carboxylic acids is 1. The first-order chi connectivity index (χ1) is 9.90. The summed E-state index contributed by atoms with van der Waals surface area (Å²) in [6.07, 6.45) is 1.34. The molecular formula is C15H22N2O4. The Kier molecular flexibility index (Phi) is 4.77. The van der Waals surface area contributed by atoms with Crippen LogP contribution >= 0.6 is 0 Å². The van der Waals surface area contributed by atoms with Crippen molar-refractivity contribution in [3.05, 3.63) is 27.4 Å². The maximum Gasteiger partial charge on any atom is 0.347 e. The van der Waals surface area contributed by atoms with Crippen LogP contribution in [0.1, 0.15) is 30.3 Å². The number of aromatic nitrogens is 2. The fraction of sp³-hybridized carbons (Fsp3) is 0.667. The summed E-state index contributed by atoms with van der Waals surface area (Å²) < 4.78 is 7.01. The Labute approximate surface area is 123 Å². The summed E-state index contributed by atoms with van der Waals surface area (Å²) in [4.78, 5) is 27.2. The number of ether oxygens (including phenoxy) is 1. The summed E-state index contributed by atoms with van der Waals surface area (Å²) >= 11 is 0. The second kappa shape index (κ2) is 6.39. The van der Waals surface area contributed by atoms with E-state index in [0.29, 0.717) is 31.2 Å². The number of rotatable bonds is 5. The Hall–Kier alpha value is -1.69. The highest BCUT2D eigenvalue weighted by molar-refractivity contribution is 5.70. The van der Waals surface area contributed by atoms with Gasteiger partial charge in [0.05, 0.1) is 12.5 Å². The van der Waals surface area contributed by atoms with Gasteiger partial charge in [-0.1, -0.05) is 6.92 Å². The average Bonchev–Trinajstić information content (AvgIpc) is 2.92. The normalized spacial score (nSPS) is 19.7. The Balaban J connectivity index is 2.32. The van der Waals surface area contributed by atoms with E-state index in [1.54, 1.807) is 18.4 Å². The van der Waals surface area contributed by atoms with Gasteiger partial charge in [-0.15, -0.1) is 0 Å². The van der Waals surface area contributed by atoms with Crippen LogP contribution in [-0.4, -0.2) is 33.8 Å². The third-order valence-electron chi connectivity index (χ3n) is 4.17. The molecule has 0 saturated carbocycles. The highest BCUT2D eigenvalue weighted by Crippen LogP contribution is 2.19. The predicted octanol–water partition coefficient (Wildman–Crippen LogP) is 1.16. The molecule has 0 radical (unpaired) electrons. The van der Waals surface area contributed by atoms with E-state index in [0.717, 1.165) is 24.3 Å². The molecule has 1 saturated heterocycles. The summed E-state index contributed by atoms with van der Waals surface area (Å²) in [7, 11) is 0. The third-order valence-corrected chi connectivity index (χ3v) is 4.17. The first-order valence-electron chi connectivity index (χ1n) is 7.27. The predicted molar refractivity (Wildman–Crippen MR) is 77.4 cm³/mol. The van der Waals surface area contributed by atoms with Gasteiger partial charge in [-0.25, -0.2) is 4.79 Å². The van der Waals surface area contributed by atoms with Crippen LogP contribution in [-0.2, 0) is 22.5 Å². The van der Waals surface area contributed by atoms with Gasteiger partial charge in [0.1, 0.15) is 0 Å². The summed E-state index contributed by atoms with van der Waals surface area (Å²) in [5.74, 6) is -1.00. The van der Waals surface area contributed by atoms with Crippen molar-refractivity contribution in [1.29, 1.82) is 0 Å². The molecular weight excluding hydrogens is 272 g/mol. The molecule has 2 rings (SSSR count). The first-order valence-corrected chi connectivity index (χ1v) is 7.27. The molecule has 6 nitrogen and oxygen atoms in total. The van der Waals surface area contributed by atoms with Gasteiger partial charge in [-0.2, -0.15) is 4.98 Å². The summed E-state index contributed by atoms with van der Waals surface area (Å²) in [5, 5.41) is 9.07. The summed E-state index contributed by atoms with van der Waals surface area (Å²) in [5.41, 5.74) is 2.06. The maximum atomic E-state index is 12.1. The van der Waals surface area contributed by atoms with E-state index in [4.69, 9.17) is 9.84 Å². The molecule has 2 unspecified atom stereocenters. The number of carboxylic acids is 1. The standard InChI is InChI=1S/C15H22N2O4/c1-9(14(18)19)6-13-10(2)16-15(20)17(11(13)3)7-12-4-5-21-8-12/h9,12H,4-8H2,1-3H3,(H,18,19). The van der Waals surface area contributed by atoms with Gasteiger partial charge in [0.15, 0.2) is 0 Å². The molecule has 2 atom stereocenters. The van der Waals surface area contributed by atoms with E-state index in [-0.39, 0.29) is 5.69 Å². The van der Waals surface area contributed by atoms with Crippen molar-refractivity contribution in [2.45, 2.75) is 40.2 Å². The van der Waals surface area contributed by atoms with Gasteiger partial charge in [0.25, 0.3) is 0 Å². The minimum absolute atomic E-state index is 0.261. The van der Waals surface area contributed by atoms with Crippen molar-refractivity contribution in [1.82, 2.24) is 9.55 Å². The minimum atomic E-state index is -0.837. The number of carboxylic acid groups (broad SMARTS) is 1. The highest BCUT2D eigenvalue weighted by atomic mass is 16.5. The zero-order chi connectivity index (χ0) is 15.6. The van der Waals surface area contributed by atoms with Crippen LogP contribution < -0.4 is 5.69 Å². The second-order valence-electron chi connectivity index (χ2n) is 5.83. The van der Waals surface area contributed by atoms with E-state index < -0.39 is 11.9 Å². The third kappa shape index (κ3) is 3.50. The fourth-order valence-corrected chi connectivity index (χ4v) is 2.73. The van der Waals surface area contributed by atoms with E-state index in [1.807, 2.05) is 6.92 Å². The van der Waals surface area contributed by atoms with Gasteiger partial charge >= 0.3 is 11.7 Å². The number of aryl methyl sites for hydroxylation is 1. The molecule has 116 valence electrons. The van der Waals surface area contributed by atoms with E-state index in [9.17, 15) is 9.59 Å². The Morgan fingerprint density at radius 3 is 2.81 bits per heavy atom. The lowest BCUT2D eigenvalue weighted by Crippen LogP contribution is -2.31. The Morgan fingerprint density at radius 2 is 2.24 bits per heavy atom. The van der Waals surface area contributed by atoms with Crippen LogP contribution in [0.3, 0.4) is 0 Å². The molecule has 1 aliphatic heterocycles. The molecule has 0 spiro atoms. The number of hydrogen-bond acceptors (Lipinski definition) is 4. The molecule has 21 heavy (non-hydrogen) atoms. The van der Waals surface area contributed by atoms with Crippen molar-refractivity contribution in [3.63, 3.8) is 0 Å². The molecule has 6 heteroatoms. The monoisotopic (exact) mass is 294 g/mol. The molecule has 1 aromatic heterocycles. The second-order valence-corrected chi connectivity index (χ2v) is 5.83. The van der Waals surface area contributed by atoms with E-state index in [2.05, 4.69) is 4.98 Å². The number of carbonyl (C=O) groups is 1. The summed E-state index contributed by atoms with van der Waals surface area (Å²) in [6.45, 7) is 7.30. The molecule has 1 aromatic rings. The van der Waals surface area contributed by atoms with Crippen LogP contribution in [0.5, 0.6) is 0 Å². The number of hydrogen-bond donors (Lipinski definition) is 1. The quantitative estimate of drug-likeness (QED) is 0.881. The van der Waals surface area contributed by atoms with Gasteiger partial charge < -0.3 is 9.84 Å². The van der Waals surface area contributed by atoms with Crippen molar-refractivity contribution in [2.75, 3.05) is 13.2 Å². The molecule has 1 fully saturated rings. The van der Waals surface area contributed by atoms with Crippen molar-refractivity contribution in [3.8, 4) is 0 Å². The van der Waals surface area contributed by atoms with Gasteiger partial charge in [-0.3, -0.25) is 9.36 Å². The minimum Gasteiger partial charge on any atom is -0.481 e. The molecule has 2 heterocycles. The van der Waals surface area contributed by atoms with Crippen LogP contribution in [0.25, 0.3) is 0 Å². The van der Waals surface area contributed by atoms with Crippen molar-refractivity contribution < 1.29 is 14.6 Å². The van der Waals surface area contributed by atoms with Gasteiger partial charge in [0, 0.05) is 30.5 Å². The lowest BCUT2D eigenvalue weighted by molar-refractivity contribution is -0.141. The van der Waals surface area contributed by atoms with Gasteiger partial charge in [-0.05, 0) is 32.3 Å². The maximum absolute atomic E-state index is 12.1. The average molecular weight is 294 g/mol. The number of nitrogens with zero attached hydrogens (tertiary/aromatic N) is 2. The fourth-order valence-electron chi connectivity index (χ4n) is 2.73. The first kappa shape index (κ1) is 15.7. The Bertz CT molecular complexity index is 588. The van der Waals surface area contributed by atoms with E-state index >= 15 is 0 Å². The Morgan fingerprint density at radius 1 is 1.52 bits per heavy atom. The van der Waals surface area contributed by atoms with E-state index in [1.165, 1.54) is 0 Å². The molecule has 0 aromatic carbocycles. The van der Waals surface area contributed by atoms with Gasteiger partial charge in [0.2, 0.25) is 0 Å². The van der Waals surface area contributed by atoms with Crippen LogP contribution in [0.2, 0.25) is 0 Å². The molecule has 1 N–H and O–H groups in total. The molecule has 1 aliphatic rings. The molecule has 0 amide bonds. The molecule has 0 aliphatic carbocycles. The zero-order valence-corrected chi connectivity index (χ0v) is 12.8. The topological polar surface area (TPSA) is 81.4 Å².